The molecular formula is C26H25ClFN3O4. The highest BCUT2D eigenvalue weighted by Gasteiger charge is 2.17. The zero-order valence-electron chi connectivity index (χ0n) is 19.5. The predicted molar refractivity (Wildman–Crippen MR) is 135 cm³/mol. The second-order valence-electron chi connectivity index (χ2n) is 7.71. The number of ether oxygens (including phenoxy) is 3. The normalized spacial score (nSPS) is 10.8. The number of anilines is 2. The number of carbonyl (C=O) groups excluding carboxylic acids is 1. The molecule has 182 valence electrons. The van der Waals surface area contributed by atoms with E-state index in [0.717, 1.165) is 16.5 Å². The van der Waals surface area contributed by atoms with Crippen molar-refractivity contribution in [3.8, 4) is 17.2 Å². The molecule has 1 amide bonds. The van der Waals surface area contributed by atoms with E-state index in [1.165, 1.54) is 39.5 Å². The van der Waals surface area contributed by atoms with Crippen LogP contribution in [0.15, 0.2) is 54.7 Å². The van der Waals surface area contributed by atoms with Crippen molar-refractivity contribution in [3.63, 3.8) is 0 Å². The van der Waals surface area contributed by atoms with Crippen LogP contribution in [0, 0.1) is 5.82 Å². The van der Waals surface area contributed by atoms with Crippen LogP contribution in [-0.4, -0.2) is 38.8 Å². The second-order valence-corrected chi connectivity index (χ2v) is 8.12. The van der Waals surface area contributed by atoms with E-state index in [2.05, 4.69) is 15.6 Å². The SMILES string of the molecule is COc1cc(Nc2cc(F)ccc2C(=O)NCCc2c[nH]c3cccc(Cl)c23)cc(OC)c1OC. The molecule has 0 bridgehead atoms. The first-order valence-electron chi connectivity index (χ1n) is 10.8. The van der Waals surface area contributed by atoms with E-state index in [1.807, 2.05) is 24.4 Å². The number of halogens is 2. The molecule has 0 spiro atoms. The molecule has 4 aromatic rings. The van der Waals surface area contributed by atoms with Crippen LogP contribution < -0.4 is 24.8 Å². The minimum Gasteiger partial charge on any atom is -0.493 e. The third-order valence-corrected chi connectivity index (χ3v) is 5.90. The third kappa shape index (κ3) is 5.12. The number of rotatable bonds is 9. The van der Waals surface area contributed by atoms with Gasteiger partial charge < -0.3 is 29.8 Å². The number of aromatic nitrogens is 1. The fourth-order valence-electron chi connectivity index (χ4n) is 3.94. The first-order chi connectivity index (χ1) is 16.9. The van der Waals surface area contributed by atoms with E-state index in [1.54, 1.807) is 12.1 Å². The number of aromatic amines is 1. The minimum absolute atomic E-state index is 0.289. The number of hydrogen-bond donors (Lipinski definition) is 3. The molecule has 9 heteroatoms. The van der Waals surface area contributed by atoms with Gasteiger partial charge >= 0.3 is 0 Å². The van der Waals surface area contributed by atoms with Crippen LogP contribution in [0.25, 0.3) is 10.9 Å². The topological polar surface area (TPSA) is 84.6 Å². The van der Waals surface area contributed by atoms with Gasteiger partial charge in [0.2, 0.25) is 5.75 Å². The summed E-state index contributed by atoms with van der Waals surface area (Å²) >= 11 is 6.34. The standard InChI is InChI=1S/C26H25ClFN3O4/c1-33-22-12-17(13-23(34-2)25(22)35-3)31-21-11-16(28)7-8-18(21)26(32)29-10-9-15-14-30-20-6-4-5-19(27)24(15)20/h4-8,11-14,30-31H,9-10H2,1-3H3,(H,29,32). The van der Waals surface area contributed by atoms with E-state index in [-0.39, 0.29) is 11.5 Å². The summed E-state index contributed by atoms with van der Waals surface area (Å²) in [7, 11) is 4.51. The quantitative estimate of drug-likeness (QED) is 0.276. The summed E-state index contributed by atoms with van der Waals surface area (Å²) in [5.74, 6) is 0.453. The molecule has 1 aromatic heterocycles. The summed E-state index contributed by atoms with van der Waals surface area (Å²) < 4.78 is 30.2. The van der Waals surface area contributed by atoms with Crippen LogP contribution in [0.1, 0.15) is 15.9 Å². The summed E-state index contributed by atoms with van der Waals surface area (Å²) in [6.45, 7) is 0.373. The van der Waals surface area contributed by atoms with Crippen molar-refractivity contribution in [2.75, 3.05) is 33.2 Å². The molecule has 0 aliphatic rings. The fourth-order valence-corrected chi connectivity index (χ4v) is 4.23. The van der Waals surface area contributed by atoms with Gasteiger partial charge in [-0.2, -0.15) is 0 Å². The average molecular weight is 498 g/mol. The van der Waals surface area contributed by atoms with Crippen molar-refractivity contribution in [1.29, 1.82) is 0 Å². The first kappa shape index (κ1) is 24.2. The summed E-state index contributed by atoms with van der Waals surface area (Å²) in [5, 5.41) is 7.59. The van der Waals surface area contributed by atoms with Crippen LogP contribution in [-0.2, 0) is 6.42 Å². The molecule has 1 heterocycles. The molecule has 0 atom stereocenters. The maximum absolute atomic E-state index is 14.1. The Morgan fingerprint density at radius 1 is 1.03 bits per heavy atom. The zero-order valence-corrected chi connectivity index (χ0v) is 20.3. The Balaban J connectivity index is 1.53. The maximum atomic E-state index is 14.1. The predicted octanol–water partition coefficient (Wildman–Crippen LogP) is 5.70. The lowest BCUT2D eigenvalue weighted by atomic mass is 10.1. The van der Waals surface area contributed by atoms with Crippen LogP contribution in [0.4, 0.5) is 15.8 Å². The Morgan fingerprint density at radius 3 is 2.46 bits per heavy atom. The highest BCUT2D eigenvalue weighted by Crippen LogP contribution is 2.41. The Hall–Kier alpha value is -3.91. The molecule has 0 aliphatic heterocycles. The molecule has 0 fully saturated rings. The lowest BCUT2D eigenvalue weighted by Gasteiger charge is -2.17. The van der Waals surface area contributed by atoms with E-state index >= 15 is 0 Å². The molecule has 3 N–H and O–H groups in total. The number of hydrogen-bond acceptors (Lipinski definition) is 5. The molecular weight excluding hydrogens is 473 g/mol. The second kappa shape index (κ2) is 10.6. The van der Waals surface area contributed by atoms with E-state index in [9.17, 15) is 9.18 Å². The van der Waals surface area contributed by atoms with Crippen molar-refractivity contribution in [1.82, 2.24) is 10.3 Å². The lowest BCUT2D eigenvalue weighted by molar-refractivity contribution is 0.0955. The van der Waals surface area contributed by atoms with Crippen molar-refractivity contribution in [3.05, 3.63) is 76.7 Å². The molecule has 0 radical (unpaired) electrons. The van der Waals surface area contributed by atoms with Crippen LogP contribution in [0.5, 0.6) is 17.2 Å². The molecule has 35 heavy (non-hydrogen) atoms. The maximum Gasteiger partial charge on any atom is 0.253 e. The van der Waals surface area contributed by atoms with Gasteiger partial charge in [0.05, 0.1) is 37.6 Å². The molecule has 0 saturated carbocycles. The van der Waals surface area contributed by atoms with Gasteiger partial charge in [0.1, 0.15) is 5.82 Å². The first-order valence-corrected chi connectivity index (χ1v) is 11.2. The van der Waals surface area contributed by atoms with Crippen LogP contribution >= 0.6 is 11.6 Å². The van der Waals surface area contributed by atoms with Gasteiger partial charge in [-0.3, -0.25) is 4.79 Å². The Bertz CT molecular complexity index is 1350. The number of H-pyrrole nitrogens is 1. The highest BCUT2D eigenvalue weighted by atomic mass is 35.5. The van der Waals surface area contributed by atoms with Crippen molar-refractivity contribution >= 4 is 39.8 Å². The smallest absolute Gasteiger partial charge is 0.253 e. The van der Waals surface area contributed by atoms with Crippen molar-refractivity contribution in [2.45, 2.75) is 6.42 Å². The van der Waals surface area contributed by atoms with Crippen molar-refractivity contribution in [2.24, 2.45) is 0 Å². The number of methoxy groups -OCH3 is 3. The van der Waals surface area contributed by atoms with E-state index in [4.69, 9.17) is 25.8 Å². The van der Waals surface area contributed by atoms with Gasteiger partial charge in [0, 0.05) is 41.5 Å². The summed E-state index contributed by atoms with van der Waals surface area (Å²) in [6.07, 6.45) is 2.46. The van der Waals surface area contributed by atoms with Gasteiger partial charge in [-0.25, -0.2) is 4.39 Å². The van der Waals surface area contributed by atoms with Gasteiger partial charge in [0.25, 0.3) is 5.91 Å². The third-order valence-electron chi connectivity index (χ3n) is 5.59. The van der Waals surface area contributed by atoms with Gasteiger partial charge in [-0.05, 0) is 42.3 Å². The van der Waals surface area contributed by atoms with Gasteiger partial charge in [-0.15, -0.1) is 0 Å². The van der Waals surface area contributed by atoms with Crippen LogP contribution in [0.2, 0.25) is 5.02 Å². The Labute approximate surface area is 207 Å². The average Bonchev–Trinajstić information content (AvgIpc) is 3.27. The fraction of sp³-hybridized carbons (Fsp3) is 0.192. The van der Waals surface area contributed by atoms with E-state index < -0.39 is 5.82 Å². The van der Waals surface area contributed by atoms with Gasteiger partial charge in [0.15, 0.2) is 11.5 Å². The molecule has 7 nitrogen and oxygen atoms in total. The number of amides is 1. The van der Waals surface area contributed by atoms with Crippen LogP contribution in [0.3, 0.4) is 0 Å². The Morgan fingerprint density at radius 2 is 1.77 bits per heavy atom. The molecule has 0 aliphatic carbocycles. The Kier molecular flexibility index (Phi) is 7.31. The number of carbonyl (C=O) groups is 1. The van der Waals surface area contributed by atoms with E-state index in [0.29, 0.717) is 46.6 Å². The highest BCUT2D eigenvalue weighted by molar-refractivity contribution is 6.35. The largest absolute Gasteiger partial charge is 0.493 e. The summed E-state index contributed by atoms with van der Waals surface area (Å²) in [5.41, 5.74) is 3.06. The monoisotopic (exact) mass is 497 g/mol. The minimum atomic E-state index is -0.482. The molecule has 3 aromatic carbocycles. The number of fused-ring (bicyclic) bond motifs is 1. The van der Waals surface area contributed by atoms with Crippen molar-refractivity contribution < 1.29 is 23.4 Å². The summed E-state index contributed by atoms with van der Waals surface area (Å²) in [6, 6.07) is 13.0. The molecule has 0 saturated heterocycles. The summed E-state index contributed by atoms with van der Waals surface area (Å²) in [4.78, 5) is 16.2. The number of nitrogens with one attached hydrogen (secondary N) is 3. The number of benzene rings is 3. The molecule has 4 rings (SSSR count). The lowest BCUT2D eigenvalue weighted by Crippen LogP contribution is -2.26. The zero-order chi connectivity index (χ0) is 24.9. The molecule has 0 unspecified atom stereocenters. The van der Waals surface area contributed by atoms with Gasteiger partial charge in [-0.1, -0.05) is 17.7 Å².